The molecule has 0 saturated heterocycles. The van der Waals surface area contributed by atoms with E-state index in [1.807, 2.05) is 0 Å². The summed E-state index contributed by atoms with van der Waals surface area (Å²) in [6.45, 7) is 3.19. The van der Waals surface area contributed by atoms with E-state index in [1.54, 1.807) is 6.92 Å². The van der Waals surface area contributed by atoms with Crippen LogP contribution in [0, 0.1) is 5.92 Å². The Morgan fingerprint density at radius 1 is 1.47 bits per heavy atom. The third-order valence-electron chi connectivity index (χ3n) is 2.30. The maximum atomic E-state index is 11.7. The normalized spacial score (nSPS) is 11.7. The van der Waals surface area contributed by atoms with Gasteiger partial charge in [0.15, 0.2) is 5.13 Å². The summed E-state index contributed by atoms with van der Waals surface area (Å²) in [5.74, 6) is -2.04. The lowest BCUT2D eigenvalue weighted by Gasteiger charge is -2.06. The van der Waals surface area contributed by atoms with Gasteiger partial charge in [0.1, 0.15) is 5.69 Å². The molecule has 1 aromatic heterocycles. The van der Waals surface area contributed by atoms with E-state index >= 15 is 0 Å². The van der Waals surface area contributed by atoms with E-state index in [2.05, 4.69) is 15.6 Å². The Morgan fingerprint density at radius 3 is 2.74 bits per heavy atom. The van der Waals surface area contributed by atoms with Crippen molar-refractivity contribution in [3.63, 3.8) is 0 Å². The lowest BCUT2D eigenvalue weighted by molar-refractivity contribution is -0.141. The summed E-state index contributed by atoms with van der Waals surface area (Å²) in [4.78, 5) is 37.0. The highest BCUT2D eigenvalue weighted by Crippen LogP contribution is 2.15. The van der Waals surface area contributed by atoms with E-state index < -0.39 is 11.9 Å². The number of carboxylic acids is 1. The Morgan fingerprint density at radius 2 is 2.16 bits per heavy atom. The second-order valence-electron chi connectivity index (χ2n) is 4.00. The Labute approximate surface area is 114 Å². The van der Waals surface area contributed by atoms with Crippen molar-refractivity contribution in [1.82, 2.24) is 10.3 Å². The summed E-state index contributed by atoms with van der Waals surface area (Å²) in [6.07, 6.45) is 0.351. The fourth-order valence-corrected chi connectivity index (χ4v) is 1.94. The van der Waals surface area contributed by atoms with Gasteiger partial charge in [0, 0.05) is 18.8 Å². The molecule has 7 nitrogen and oxygen atoms in total. The fraction of sp³-hybridized carbons (Fsp3) is 0.455. The number of hydrogen-bond donors (Lipinski definition) is 3. The Balaban J connectivity index is 2.43. The maximum Gasteiger partial charge on any atom is 0.306 e. The number of nitrogens with one attached hydrogen (secondary N) is 2. The molecule has 1 atom stereocenters. The van der Waals surface area contributed by atoms with Gasteiger partial charge in [-0.2, -0.15) is 0 Å². The second kappa shape index (κ2) is 6.83. The first-order valence-electron chi connectivity index (χ1n) is 5.64. The van der Waals surface area contributed by atoms with Crippen LogP contribution >= 0.6 is 11.3 Å². The number of aromatic nitrogens is 1. The topological polar surface area (TPSA) is 108 Å². The number of anilines is 1. The minimum atomic E-state index is -0.893. The highest BCUT2D eigenvalue weighted by molar-refractivity contribution is 7.14. The zero-order valence-corrected chi connectivity index (χ0v) is 11.4. The molecule has 0 fully saturated rings. The summed E-state index contributed by atoms with van der Waals surface area (Å²) in [5, 5.41) is 15.6. The van der Waals surface area contributed by atoms with E-state index in [9.17, 15) is 14.4 Å². The lowest BCUT2D eigenvalue weighted by Crippen LogP contribution is -2.27. The van der Waals surface area contributed by atoms with E-state index in [4.69, 9.17) is 5.11 Å². The van der Waals surface area contributed by atoms with Crippen LogP contribution < -0.4 is 10.6 Å². The van der Waals surface area contributed by atoms with Gasteiger partial charge in [-0.3, -0.25) is 14.4 Å². The lowest BCUT2D eigenvalue weighted by atomic mass is 10.1. The molecule has 3 N–H and O–H groups in total. The number of aliphatic carboxylic acids is 1. The molecular formula is C11H15N3O4S. The van der Waals surface area contributed by atoms with Crippen LogP contribution in [0.2, 0.25) is 0 Å². The molecule has 0 aliphatic heterocycles. The quantitative estimate of drug-likeness (QED) is 0.721. The Bertz CT molecular complexity index is 486. The molecular weight excluding hydrogens is 270 g/mol. The van der Waals surface area contributed by atoms with Crippen molar-refractivity contribution in [2.24, 2.45) is 5.92 Å². The zero-order valence-electron chi connectivity index (χ0n) is 10.6. The first-order valence-corrected chi connectivity index (χ1v) is 6.52. The van der Waals surface area contributed by atoms with Gasteiger partial charge in [-0.15, -0.1) is 11.3 Å². The molecule has 0 aromatic carbocycles. The number of carbonyl (C=O) groups is 3. The van der Waals surface area contributed by atoms with Gasteiger partial charge < -0.3 is 15.7 Å². The van der Waals surface area contributed by atoms with Crippen molar-refractivity contribution < 1.29 is 19.5 Å². The molecule has 1 heterocycles. The van der Waals surface area contributed by atoms with Crippen LogP contribution in [0.25, 0.3) is 0 Å². The highest BCUT2D eigenvalue weighted by atomic mass is 32.1. The molecule has 0 saturated carbocycles. The van der Waals surface area contributed by atoms with Crippen molar-refractivity contribution in [3.8, 4) is 0 Å². The first kappa shape index (κ1) is 15.1. The second-order valence-corrected chi connectivity index (χ2v) is 4.86. The van der Waals surface area contributed by atoms with Crippen LogP contribution in [-0.2, 0) is 9.59 Å². The number of carboxylic acid groups (broad SMARTS) is 1. The molecule has 0 aliphatic carbocycles. The van der Waals surface area contributed by atoms with Gasteiger partial charge in [-0.25, -0.2) is 4.98 Å². The molecule has 104 valence electrons. The summed E-state index contributed by atoms with van der Waals surface area (Å²) >= 11 is 1.15. The van der Waals surface area contributed by atoms with Gasteiger partial charge in [-0.05, 0) is 6.42 Å². The third kappa shape index (κ3) is 5.04. The van der Waals surface area contributed by atoms with Gasteiger partial charge in [0.25, 0.3) is 5.91 Å². The van der Waals surface area contributed by atoms with Crippen LogP contribution in [0.3, 0.4) is 0 Å². The number of rotatable bonds is 6. The molecule has 1 rings (SSSR count). The molecule has 8 heteroatoms. The summed E-state index contributed by atoms with van der Waals surface area (Å²) in [6, 6.07) is 0. The molecule has 0 bridgehead atoms. The molecule has 0 aliphatic rings. The largest absolute Gasteiger partial charge is 0.481 e. The van der Waals surface area contributed by atoms with Gasteiger partial charge >= 0.3 is 5.97 Å². The Kier molecular flexibility index (Phi) is 5.43. The van der Waals surface area contributed by atoms with Crippen molar-refractivity contribution in [1.29, 1.82) is 0 Å². The predicted molar refractivity (Wildman–Crippen MR) is 70.2 cm³/mol. The van der Waals surface area contributed by atoms with Crippen LogP contribution in [0.15, 0.2) is 5.38 Å². The summed E-state index contributed by atoms with van der Waals surface area (Å²) < 4.78 is 0. The predicted octanol–water partition coefficient (Wildman–Crippen LogP) is 0.942. The van der Waals surface area contributed by atoms with E-state index in [-0.39, 0.29) is 24.1 Å². The molecule has 2 amide bonds. The van der Waals surface area contributed by atoms with Crippen molar-refractivity contribution >= 4 is 34.3 Å². The van der Waals surface area contributed by atoms with Crippen molar-refractivity contribution in [3.05, 3.63) is 11.1 Å². The van der Waals surface area contributed by atoms with Gasteiger partial charge in [-0.1, -0.05) is 6.92 Å². The summed E-state index contributed by atoms with van der Waals surface area (Å²) in [7, 11) is 0. The van der Waals surface area contributed by atoms with E-state index in [0.717, 1.165) is 11.3 Å². The minimum Gasteiger partial charge on any atom is -0.481 e. The van der Waals surface area contributed by atoms with E-state index in [0.29, 0.717) is 11.6 Å². The smallest absolute Gasteiger partial charge is 0.306 e. The highest BCUT2D eigenvalue weighted by Gasteiger charge is 2.13. The summed E-state index contributed by atoms with van der Waals surface area (Å²) in [5.41, 5.74) is 0.205. The number of hydrogen-bond acceptors (Lipinski definition) is 5. The number of carbonyl (C=O) groups excluding carboxylic acids is 2. The maximum absolute atomic E-state index is 11.7. The zero-order chi connectivity index (χ0) is 14.4. The first-order chi connectivity index (χ1) is 8.90. The van der Waals surface area contributed by atoms with Crippen LogP contribution in [0.1, 0.15) is 30.8 Å². The molecule has 1 aromatic rings. The van der Waals surface area contributed by atoms with Crippen molar-refractivity contribution in [2.45, 2.75) is 20.3 Å². The molecule has 1 unspecified atom stereocenters. The molecule has 19 heavy (non-hydrogen) atoms. The number of nitrogens with zero attached hydrogens (tertiary/aromatic N) is 1. The minimum absolute atomic E-state index is 0.205. The monoisotopic (exact) mass is 285 g/mol. The number of amides is 2. The third-order valence-corrected chi connectivity index (χ3v) is 3.06. The average molecular weight is 285 g/mol. The SMILES string of the molecule is CC(=O)Nc1nc(C(=O)NCCC(C)C(=O)O)cs1. The van der Waals surface area contributed by atoms with E-state index in [1.165, 1.54) is 12.3 Å². The molecule has 0 spiro atoms. The van der Waals surface area contributed by atoms with Gasteiger partial charge in [0.05, 0.1) is 5.92 Å². The van der Waals surface area contributed by atoms with Crippen LogP contribution in [0.5, 0.6) is 0 Å². The molecule has 0 radical (unpaired) electrons. The standard InChI is InChI=1S/C11H15N3O4S/c1-6(10(17)18)3-4-12-9(16)8-5-19-11(14-8)13-7(2)15/h5-6H,3-4H2,1-2H3,(H,12,16)(H,17,18)(H,13,14,15). The van der Waals surface area contributed by atoms with Crippen LogP contribution in [0.4, 0.5) is 5.13 Å². The van der Waals surface area contributed by atoms with Crippen molar-refractivity contribution in [2.75, 3.05) is 11.9 Å². The number of thiazole rings is 1. The fourth-order valence-electron chi connectivity index (χ4n) is 1.20. The average Bonchev–Trinajstić information content (AvgIpc) is 2.76. The van der Waals surface area contributed by atoms with Gasteiger partial charge in [0.2, 0.25) is 5.91 Å². The van der Waals surface area contributed by atoms with Crippen LogP contribution in [-0.4, -0.2) is 34.4 Å². The Hall–Kier alpha value is -1.96.